The molecule has 2 aromatic carbocycles. The standard InChI is InChI=1S/C32H32FN5O4S2/c1-20-22(18-28-31(40)38(32(43)44-28)12-11-21-9-10-26(41-3)27(17-21)42-4)29(35(2)30(39)23(20)19-34)37-15-13-36(14-16-37)25-8-6-5-7-24(25)33/h5-10,17-18H,11-16H2,1-4H3/b28-18-. The molecule has 3 aromatic rings. The zero-order valence-electron chi connectivity index (χ0n) is 24.9. The van der Waals surface area contributed by atoms with Gasteiger partial charge in [-0.15, -0.1) is 0 Å². The van der Waals surface area contributed by atoms with E-state index in [1.165, 1.54) is 22.4 Å². The summed E-state index contributed by atoms with van der Waals surface area (Å²) >= 11 is 6.80. The van der Waals surface area contributed by atoms with Gasteiger partial charge in [-0.25, -0.2) is 4.39 Å². The third-order valence-corrected chi connectivity index (χ3v) is 9.34. The number of thioether (sulfide) groups is 1. The molecule has 0 saturated carbocycles. The number of nitriles is 1. The highest BCUT2D eigenvalue weighted by molar-refractivity contribution is 8.26. The third-order valence-electron chi connectivity index (χ3n) is 7.96. The molecule has 12 heteroatoms. The average molecular weight is 634 g/mol. The number of hydrogen-bond donors (Lipinski definition) is 0. The molecule has 0 atom stereocenters. The lowest BCUT2D eigenvalue weighted by Gasteiger charge is -2.38. The summed E-state index contributed by atoms with van der Waals surface area (Å²) in [5.41, 5.74) is 2.23. The number of thiocarbonyl (C=S) groups is 1. The Morgan fingerprint density at radius 2 is 1.73 bits per heavy atom. The van der Waals surface area contributed by atoms with Crippen molar-refractivity contribution in [3.8, 4) is 17.6 Å². The molecular weight excluding hydrogens is 602 g/mol. The van der Waals surface area contributed by atoms with Crippen molar-refractivity contribution >= 4 is 51.8 Å². The first-order chi connectivity index (χ1) is 21.2. The van der Waals surface area contributed by atoms with Gasteiger partial charge in [-0.1, -0.05) is 42.2 Å². The summed E-state index contributed by atoms with van der Waals surface area (Å²) in [7, 11) is 4.78. The molecule has 0 radical (unpaired) electrons. The zero-order valence-corrected chi connectivity index (χ0v) is 26.6. The first-order valence-corrected chi connectivity index (χ1v) is 15.2. The summed E-state index contributed by atoms with van der Waals surface area (Å²) in [5, 5.41) is 9.82. The van der Waals surface area contributed by atoms with E-state index in [1.807, 2.05) is 29.2 Å². The summed E-state index contributed by atoms with van der Waals surface area (Å²) in [4.78, 5) is 32.8. The lowest BCUT2D eigenvalue weighted by molar-refractivity contribution is -0.122. The van der Waals surface area contributed by atoms with E-state index in [9.17, 15) is 19.2 Å². The molecule has 2 aliphatic rings. The Balaban J connectivity index is 1.42. The van der Waals surface area contributed by atoms with E-state index in [2.05, 4.69) is 4.90 Å². The van der Waals surface area contributed by atoms with Gasteiger partial charge in [0.2, 0.25) is 0 Å². The van der Waals surface area contributed by atoms with Crippen molar-refractivity contribution in [2.45, 2.75) is 13.3 Å². The molecule has 44 heavy (non-hydrogen) atoms. The molecular formula is C32H32FN5O4S2. The minimum atomic E-state index is -0.406. The molecule has 1 amide bonds. The molecule has 0 unspecified atom stereocenters. The molecule has 9 nitrogen and oxygen atoms in total. The van der Waals surface area contributed by atoms with Crippen LogP contribution in [0.1, 0.15) is 22.3 Å². The second-order valence-corrected chi connectivity index (χ2v) is 12.1. The SMILES string of the molecule is COc1ccc(CCN2C(=O)/C(=C/c3c(C)c(C#N)c(=O)n(C)c3N3CCN(c4ccccc4F)CC3)SC2=S)cc1OC. The van der Waals surface area contributed by atoms with Gasteiger partial charge in [-0.3, -0.25) is 19.1 Å². The molecule has 0 aliphatic carbocycles. The number of methoxy groups -OCH3 is 2. The normalized spacial score (nSPS) is 16.1. The zero-order chi connectivity index (χ0) is 31.5. The van der Waals surface area contributed by atoms with Crippen molar-refractivity contribution in [3.05, 3.63) is 85.8 Å². The van der Waals surface area contributed by atoms with Crippen LogP contribution in [0.15, 0.2) is 52.2 Å². The lowest BCUT2D eigenvalue weighted by Crippen LogP contribution is -2.48. The molecule has 2 aliphatic heterocycles. The van der Waals surface area contributed by atoms with Crippen molar-refractivity contribution in [2.75, 3.05) is 56.7 Å². The van der Waals surface area contributed by atoms with Crippen molar-refractivity contribution in [3.63, 3.8) is 0 Å². The summed E-state index contributed by atoms with van der Waals surface area (Å²) in [6, 6.07) is 14.3. The quantitative estimate of drug-likeness (QED) is 0.263. The van der Waals surface area contributed by atoms with Crippen molar-refractivity contribution in [2.24, 2.45) is 7.05 Å². The number of anilines is 2. The van der Waals surface area contributed by atoms with Gasteiger partial charge in [-0.05, 0) is 54.8 Å². The number of benzene rings is 2. The van der Waals surface area contributed by atoms with E-state index in [4.69, 9.17) is 21.7 Å². The molecule has 5 rings (SSSR count). The molecule has 2 fully saturated rings. The molecule has 0 bridgehead atoms. The topological polar surface area (TPSA) is 91.0 Å². The van der Waals surface area contributed by atoms with Crippen LogP contribution in [0.2, 0.25) is 0 Å². The number of amides is 1. The van der Waals surface area contributed by atoms with Crippen LogP contribution in [0.4, 0.5) is 15.9 Å². The van der Waals surface area contributed by atoms with Crippen LogP contribution < -0.4 is 24.8 Å². The Bertz CT molecular complexity index is 1760. The third kappa shape index (κ3) is 5.89. The van der Waals surface area contributed by atoms with Crippen LogP contribution in [0.3, 0.4) is 0 Å². The van der Waals surface area contributed by atoms with E-state index in [1.54, 1.807) is 57.4 Å². The van der Waals surface area contributed by atoms with Crippen LogP contribution in [-0.2, 0) is 18.3 Å². The Morgan fingerprint density at radius 3 is 2.39 bits per heavy atom. The molecule has 0 spiro atoms. The number of halogens is 1. The van der Waals surface area contributed by atoms with E-state index in [0.717, 1.165) is 5.56 Å². The summed E-state index contributed by atoms with van der Waals surface area (Å²) in [5.74, 6) is 1.32. The number of piperazine rings is 1. The highest BCUT2D eigenvalue weighted by Gasteiger charge is 2.33. The van der Waals surface area contributed by atoms with Gasteiger partial charge >= 0.3 is 0 Å². The minimum absolute atomic E-state index is 0.0245. The minimum Gasteiger partial charge on any atom is -0.493 e. The Morgan fingerprint density at radius 1 is 1.05 bits per heavy atom. The van der Waals surface area contributed by atoms with Gasteiger partial charge in [0.1, 0.15) is 27.6 Å². The van der Waals surface area contributed by atoms with Crippen LogP contribution in [-0.4, -0.2) is 66.6 Å². The van der Waals surface area contributed by atoms with Gasteiger partial charge in [0.05, 0.1) is 24.8 Å². The number of carbonyl (C=O) groups is 1. The van der Waals surface area contributed by atoms with Crippen LogP contribution >= 0.6 is 24.0 Å². The highest BCUT2D eigenvalue weighted by atomic mass is 32.2. The number of rotatable bonds is 8. The van der Waals surface area contributed by atoms with Crippen LogP contribution in [0, 0.1) is 24.1 Å². The van der Waals surface area contributed by atoms with Crippen molar-refractivity contribution in [1.82, 2.24) is 9.47 Å². The highest BCUT2D eigenvalue weighted by Crippen LogP contribution is 2.36. The fraction of sp³-hybridized carbons (Fsp3) is 0.312. The number of aromatic nitrogens is 1. The molecule has 1 aromatic heterocycles. The van der Waals surface area contributed by atoms with Gasteiger partial charge in [0.15, 0.2) is 11.5 Å². The maximum Gasteiger partial charge on any atom is 0.270 e. The van der Waals surface area contributed by atoms with Gasteiger partial charge in [0, 0.05) is 45.3 Å². The van der Waals surface area contributed by atoms with Gasteiger partial charge < -0.3 is 19.3 Å². The second kappa shape index (κ2) is 13.1. The fourth-order valence-corrected chi connectivity index (χ4v) is 6.85. The largest absolute Gasteiger partial charge is 0.493 e. The maximum absolute atomic E-state index is 14.5. The molecule has 2 saturated heterocycles. The number of hydrogen-bond acceptors (Lipinski definition) is 9. The first kappa shape index (κ1) is 31.1. The number of para-hydroxylation sites is 1. The van der Waals surface area contributed by atoms with Crippen molar-refractivity contribution in [1.29, 1.82) is 5.26 Å². The molecule has 0 N–H and O–H groups in total. The van der Waals surface area contributed by atoms with E-state index in [-0.39, 0.29) is 17.3 Å². The Labute approximate surface area is 265 Å². The summed E-state index contributed by atoms with van der Waals surface area (Å²) < 4.78 is 27.1. The Hall–Kier alpha value is -4.34. The lowest BCUT2D eigenvalue weighted by atomic mass is 10.0. The van der Waals surface area contributed by atoms with E-state index >= 15 is 0 Å². The molecule has 3 heterocycles. The number of ether oxygens (including phenoxy) is 2. The van der Waals surface area contributed by atoms with Gasteiger partial charge in [0.25, 0.3) is 11.5 Å². The predicted molar refractivity (Wildman–Crippen MR) is 175 cm³/mol. The van der Waals surface area contributed by atoms with Crippen LogP contribution in [0.5, 0.6) is 11.5 Å². The smallest absolute Gasteiger partial charge is 0.270 e. The summed E-state index contributed by atoms with van der Waals surface area (Å²) in [6.45, 7) is 4.19. The number of nitrogens with zero attached hydrogens (tertiary/aromatic N) is 5. The first-order valence-electron chi connectivity index (χ1n) is 14.0. The van der Waals surface area contributed by atoms with Crippen LogP contribution in [0.25, 0.3) is 6.08 Å². The summed E-state index contributed by atoms with van der Waals surface area (Å²) in [6.07, 6.45) is 2.29. The Kier molecular flexibility index (Phi) is 9.27. The second-order valence-electron chi connectivity index (χ2n) is 10.4. The number of pyridine rings is 1. The predicted octanol–water partition coefficient (Wildman–Crippen LogP) is 4.49. The monoisotopic (exact) mass is 633 g/mol. The van der Waals surface area contributed by atoms with Gasteiger partial charge in [-0.2, -0.15) is 5.26 Å². The molecule has 228 valence electrons. The average Bonchev–Trinajstić information content (AvgIpc) is 3.30. The number of carbonyl (C=O) groups excluding carboxylic acids is 1. The van der Waals surface area contributed by atoms with Crippen molar-refractivity contribution < 1.29 is 18.7 Å². The maximum atomic E-state index is 14.5. The van der Waals surface area contributed by atoms with E-state index < -0.39 is 5.56 Å². The fourth-order valence-electron chi connectivity index (χ4n) is 5.56. The van der Waals surface area contributed by atoms with E-state index in [0.29, 0.717) is 82.5 Å².